The Bertz CT molecular complexity index is 1710. The number of aryl methyl sites for hydroxylation is 1. The maximum atomic E-state index is 13.5. The number of hydrogen-bond donors (Lipinski definition) is 1. The first kappa shape index (κ1) is 29.1. The Hall–Kier alpha value is -3.88. The minimum absolute atomic E-state index is 0.0369. The van der Waals surface area contributed by atoms with Crippen LogP contribution in [0.2, 0.25) is 0 Å². The van der Waals surface area contributed by atoms with Gasteiger partial charge in [-0.15, -0.1) is 13.2 Å². The van der Waals surface area contributed by atoms with Crippen molar-refractivity contribution in [3.8, 4) is 5.75 Å². The molecule has 0 fully saturated rings. The summed E-state index contributed by atoms with van der Waals surface area (Å²) in [5, 5.41) is 5.74. The molecule has 4 rings (SSSR count). The molecule has 0 amide bonds. The lowest BCUT2D eigenvalue weighted by Gasteiger charge is -2.14. The number of hydrogen-bond acceptors (Lipinski definition) is 8. The molecule has 0 atom stereocenters. The van der Waals surface area contributed by atoms with Crippen LogP contribution in [-0.2, 0) is 33.5 Å². The highest BCUT2D eigenvalue weighted by atomic mass is 32.2. The molecule has 0 saturated carbocycles. The monoisotopic (exact) mass is 593 g/mol. The fourth-order valence-corrected chi connectivity index (χ4v) is 5.27. The van der Waals surface area contributed by atoms with Crippen molar-refractivity contribution in [1.82, 2.24) is 9.55 Å². The van der Waals surface area contributed by atoms with E-state index in [-0.39, 0.29) is 45.0 Å². The van der Waals surface area contributed by atoms with E-state index in [0.29, 0.717) is 17.1 Å². The largest absolute Gasteiger partial charge is 0.573 e. The van der Waals surface area contributed by atoms with Gasteiger partial charge in [0.15, 0.2) is 5.16 Å². The number of primary sulfonamides is 1. The van der Waals surface area contributed by atoms with Crippen molar-refractivity contribution in [1.29, 1.82) is 0 Å². The predicted octanol–water partition coefficient (Wildman–Crippen LogP) is 4.26. The van der Waals surface area contributed by atoms with Gasteiger partial charge < -0.3 is 9.47 Å². The second-order valence-electron chi connectivity index (χ2n) is 8.49. The van der Waals surface area contributed by atoms with Crippen LogP contribution in [0, 0.1) is 0 Å². The second kappa shape index (κ2) is 11.7. The minimum atomic E-state index is -4.80. The van der Waals surface area contributed by atoms with Crippen molar-refractivity contribution < 1.29 is 35.9 Å². The van der Waals surface area contributed by atoms with Gasteiger partial charge in [-0.25, -0.2) is 23.3 Å². The van der Waals surface area contributed by atoms with E-state index in [0.717, 1.165) is 5.56 Å². The Morgan fingerprint density at radius 2 is 1.68 bits per heavy atom. The summed E-state index contributed by atoms with van der Waals surface area (Å²) in [5.41, 5.74) is 1.53. The maximum absolute atomic E-state index is 13.5. The van der Waals surface area contributed by atoms with Gasteiger partial charge in [0.25, 0.3) is 5.56 Å². The molecule has 9 nitrogen and oxygen atoms in total. The fraction of sp³-hybridized carbons (Fsp3) is 0.192. The number of carbonyl (C=O) groups is 1. The van der Waals surface area contributed by atoms with Crippen LogP contribution in [0.5, 0.6) is 5.75 Å². The first-order valence-corrected chi connectivity index (χ1v) is 14.1. The highest BCUT2D eigenvalue weighted by molar-refractivity contribution is 7.98. The zero-order valence-corrected chi connectivity index (χ0v) is 22.5. The summed E-state index contributed by atoms with van der Waals surface area (Å²) < 4.78 is 70.5. The molecule has 4 aromatic rings. The van der Waals surface area contributed by atoms with E-state index >= 15 is 0 Å². The minimum Gasteiger partial charge on any atom is -0.465 e. The van der Waals surface area contributed by atoms with Gasteiger partial charge in [-0.05, 0) is 60.0 Å². The van der Waals surface area contributed by atoms with Gasteiger partial charge in [-0.1, -0.05) is 36.0 Å². The van der Waals surface area contributed by atoms with Crippen molar-refractivity contribution in [3.05, 3.63) is 93.8 Å². The van der Waals surface area contributed by atoms with E-state index in [9.17, 15) is 31.2 Å². The molecule has 0 aliphatic rings. The molecule has 1 aromatic heterocycles. The molecule has 14 heteroatoms. The summed E-state index contributed by atoms with van der Waals surface area (Å²) in [6.45, 7) is 0.190. The van der Waals surface area contributed by atoms with Crippen LogP contribution < -0.4 is 15.4 Å². The van der Waals surface area contributed by atoms with E-state index in [2.05, 4.69) is 9.72 Å². The molecule has 0 aliphatic heterocycles. The number of methoxy groups -OCH3 is 1. The van der Waals surface area contributed by atoms with Gasteiger partial charge >= 0.3 is 12.3 Å². The number of thioether (sulfide) groups is 1. The summed E-state index contributed by atoms with van der Waals surface area (Å²) in [4.78, 5) is 30.0. The quantitative estimate of drug-likeness (QED) is 0.173. The van der Waals surface area contributed by atoms with Gasteiger partial charge in [0, 0.05) is 12.3 Å². The van der Waals surface area contributed by atoms with Crippen molar-refractivity contribution in [2.75, 3.05) is 7.11 Å². The van der Waals surface area contributed by atoms with E-state index in [1.54, 1.807) is 12.1 Å². The number of alkyl halides is 3. The summed E-state index contributed by atoms with van der Waals surface area (Å²) >= 11 is 1.19. The summed E-state index contributed by atoms with van der Waals surface area (Å²) in [6.07, 6.45) is -4.45. The van der Waals surface area contributed by atoms with Crippen LogP contribution in [0.25, 0.3) is 10.9 Å². The highest BCUT2D eigenvalue weighted by Gasteiger charge is 2.31. The number of sulfonamides is 1. The molecule has 3 aromatic carbocycles. The number of halogens is 3. The number of aromatic nitrogens is 2. The van der Waals surface area contributed by atoms with Crippen molar-refractivity contribution in [3.63, 3.8) is 0 Å². The normalized spacial score (nSPS) is 11.9. The topological polar surface area (TPSA) is 131 Å². The molecule has 2 N–H and O–H groups in total. The Morgan fingerprint density at radius 3 is 2.27 bits per heavy atom. The van der Waals surface area contributed by atoms with Gasteiger partial charge in [0.2, 0.25) is 10.0 Å². The molecule has 0 spiro atoms. The fourth-order valence-electron chi connectivity index (χ4n) is 3.77. The van der Waals surface area contributed by atoms with E-state index < -0.39 is 22.4 Å². The van der Waals surface area contributed by atoms with Crippen LogP contribution in [0.4, 0.5) is 13.2 Å². The summed E-state index contributed by atoms with van der Waals surface area (Å²) in [5.74, 6) is -0.679. The molecular weight excluding hydrogens is 571 g/mol. The number of benzene rings is 3. The molecule has 1 heterocycles. The molecule has 210 valence electrons. The van der Waals surface area contributed by atoms with Gasteiger partial charge in [0.1, 0.15) is 5.75 Å². The molecule has 0 radical (unpaired) electrons. The van der Waals surface area contributed by atoms with Crippen molar-refractivity contribution in [2.24, 2.45) is 5.14 Å². The summed E-state index contributed by atoms with van der Waals surface area (Å²) in [6, 6.07) is 15.7. The van der Waals surface area contributed by atoms with Crippen LogP contribution in [0.15, 0.2) is 81.6 Å². The predicted molar refractivity (Wildman–Crippen MR) is 142 cm³/mol. The third-order valence-corrected chi connectivity index (χ3v) is 7.72. The average Bonchev–Trinajstić information content (AvgIpc) is 2.90. The third-order valence-electron chi connectivity index (χ3n) is 5.74. The Kier molecular flexibility index (Phi) is 8.51. The molecule has 0 bridgehead atoms. The van der Waals surface area contributed by atoms with Crippen molar-refractivity contribution in [2.45, 2.75) is 35.1 Å². The number of ether oxygens (including phenoxy) is 2. The summed E-state index contributed by atoms with van der Waals surface area (Å²) in [7, 11) is -2.61. The van der Waals surface area contributed by atoms with Crippen molar-refractivity contribution >= 4 is 38.7 Å². The first-order chi connectivity index (χ1) is 18.8. The lowest BCUT2D eigenvalue weighted by Crippen LogP contribution is -2.24. The first-order valence-electron chi connectivity index (χ1n) is 11.6. The van der Waals surface area contributed by atoms with Crippen LogP contribution >= 0.6 is 11.8 Å². The van der Waals surface area contributed by atoms with Crippen LogP contribution in [-0.4, -0.2) is 37.4 Å². The Morgan fingerprint density at radius 1 is 1.02 bits per heavy atom. The van der Waals surface area contributed by atoms with Crippen LogP contribution in [0.3, 0.4) is 0 Å². The maximum Gasteiger partial charge on any atom is 0.573 e. The number of nitrogens with two attached hydrogens (primary N) is 1. The molecule has 0 unspecified atom stereocenters. The molecule has 40 heavy (non-hydrogen) atoms. The van der Waals surface area contributed by atoms with Gasteiger partial charge in [-0.2, -0.15) is 0 Å². The highest BCUT2D eigenvalue weighted by Crippen LogP contribution is 2.27. The Balaban J connectivity index is 1.64. The lowest BCUT2D eigenvalue weighted by atomic mass is 10.1. The second-order valence-corrected chi connectivity index (χ2v) is 11.0. The number of carbonyl (C=O) groups excluding carboxylic acids is 1. The lowest BCUT2D eigenvalue weighted by molar-refractivity contribution is -0.274. The SMILES string of the molecule is COC(=O)c1ccc2c(=O)n(CCc3ccc(S(N)(=O)=O)cc3)c(SCc3ccc(OC(F)(F)F)cc3)nc2c1. The average molecular weight is 594 g/mol. The molecule has 0 saturated heterocycles. The number of fused-ring (bicyclic) bond motifs is 1. The third kappa shape index (κ3) is 7.20. The number of esters is 1. The standard InChI is InChI=1S/C26H22F3N3O6S2/c1-37-24(34)18-6-11-21-22(14-18)31-25(39-15-17-2-7-19(8-3-17)38-26(27,28)29)32(23(21)33)13-12-16-4-9-20(10-5-16)40(30,35)36/h2-11,14H,12-13,15H2,1H3,(H2,30,35,36). The van der Waals surface area contributed by atoms with E-state index in [1.165, 1.54) is 78.0 Å². The van der Waals surface area contributed by atoms with Gasteiger partial charge in [0.05, 0.1) is 28.5 Å². The van der Waals surface area contributed by atoms with Crippen LogP contribution in [0.1, 0.15) is 21.5 Å². The zero-order chi connectivity index (χ0) is 29.1. The van der Waals surface area contributed by atoms with Gasteiger partial charge in [-0.3, -0.25) is 9.36 Å². The zero-order valence-electron chi connectivity index (χ0n) is 20.8. The number of rotatable bonds is 9. The van der Waals surface area contributed by atoms with E-state index in [4.69, 9.17) is 9.88 Å². The number of nitrogens with zero attached hydrogens (tertiary/aromatic N) is 2. The molecule has 0 aliphatic carbocycles. The smallest absolute Gasteiger partial charge is 0.465 e. The van der Waals surface area contributed by atoms with E-state index in [1.807, 2.05) is 0 Å². The Labute approximate surface area is 230 Å². The molecular formula is C26H22F3N3O6S2.